The molecule has 0 radical (unpaired) electrons. The van der Waals surface area contributed by atoms with Gasteiger partial charge in [0.05, 0.1) is 0 Å². The quantitative estimate of drug-likeness (QED) is 0.630. The molecule has 0 bridgehead atoms. The second-order valence-electron chi connectivity index (χ2n) is 4.96. The monoisotopic (exact) mass is 287 g/mol. The van der Waals surface area contributed by atoms with Gasteiger partial charge >= 0.3 is 5.63 Å². The van der Waals surface area contributed by atoms with Gasteiger partial charge in [-0.05, 0) is 50.6 Å². The van der Waals surface area contributed by atoms with Gasteiger partial charge < -0.3 is 8.98 Å². The van der Waals surface area contributed by atoms with E-state index in [1.165, 1.54) is 0 Å². The highest BCUT2D eigenvalue weighted by Gasteiger charge is 2.11. The molecule has 3 rings (SSSR count). The first-order valence-electron chi connectivity index (χ1n) is 6.37. The summed E-state index contributed by atoms with van der Waals surface area (Å²) in [5, 5.41) is 1.01. The number of rotatable bonds is 1. The maximum Gasteiger partial charge on any atom is 0.355 e. The van der Waals surface area contributed by atoms with E-state index in [4.69, 9.17) is 16.0 Å². The Morgan fingerprint density at radius 1 is 1.05 bits per heavy atom. The molecule has 0 aliphatic carbocycles. The highest BCUT2D eigenvalue weighted by molar-refractivity contribution is 6.31. The zero-order chi connectivity index (χ0) is 14.4. The van der Waals surface area contributed by atoms with Gasteiger partial charge in [0.1, 0.15) is 10.6 Å². The first kappa shape index (κ1) is 13.0. The molecular weight excluding hydrogens is 274 g/mol. The molecule has 2 aromatic heterocycles. The summed E-state index contributed by atoms with van der Waals surface area (Å²) in [6, 6.07) is 9.94. The van der Waals surface area contributed by atoms with Gasteiger partial charge in [-0.3, -0.25) is 0 Å². The van der Waals surface area contributed by atoms with Crippen LogP contribution < -0.4 is 5.63 Å². The molecule has 0 aliphatic heterocycles. The molecule has 0 unspecified atom stereocenters. The predicted octanol–water partition coefficient (Wildman–Crippen LogP) is 4.16. The lowest BCUT2D eigenvalue weighted by Crippen LogP contribution is -2.03. The first-order chi connectivity index (χ1) is 9.49. The van der Waals surface area contributed by atoms with Crippen LogP contribution >= 0.6 is 11.6 Å². The second-order valence-corrected chi connectivity index (χ2v) is 5.34. The Kier molecular flexibility index (Phi) is 2.94. The topological polar surface area (TPSA) is 35.1 Å². The van der Waals surface area contributed by atoms with Gasteiger partial charge in [-0.2, -0.15) is 0 Å². The summed E-state index contributed by atoms with van der Waals surface area (Å²) in [4.78, 5) is 11.7. The molecule has 0 spiro atoms. The van der Waals surface area contributed by atoms with Crippen LogP contribution in [-0.2, 0) is 0 Å². The molecule has 3 aromatic rings. The Balaban J connectivity index is 2.32. The van der Waals surface area contributed by atoms with Crippen LogP contribution in [0.25, 0.3) is 16.7 Å². The third-order valence-electron chi connectivity index (χ3n) is 3.61. The molecule has 102 valence electrons. The molecule has 1 aromatic carbocycles. The van der Waals surface area contributed by atoms with Gasteiger partial charge in [0.15, 0.2) is 0 Å². The van der Waals surface area contributed by atoms with Gasteiger partial charge in [0.25, 0.3) is 0 Å². The molecule has 0 amide bonds. The van der Waals surface area contributed by atoms with Crippen molar-refractivity contribution in [2.75, 3.05) is 0 Å². The van der Waals surface area contributed by atoms with Gasteiger partial charge in [0.2, 0.25) is 0 Å². The van der Waals surface area contributed by atoms with Gasteiger partial charge in [-0.15, -0.1) is 0 Å². The van der Waals surface area contributed by atoms with Crippen molar-refractivity contribution in [1.29, 1.82) is 0 Å². The highest BCUT2D eigenvalue weighted by atomic mass is 35.5. The van der Waals surface area contributed by atoms with Crippen LogP contribution in [0.15, 0.2) is 39.5 Å². The molecule has 0 aliphatic rings. The Morgan fingerprint density at radius 2 is 1.70 bits per heavy atom. The van der Waals surface area contributed by atoms with E-state index in [2.05, 4.69) is 16.7 Å². The van der Waals surface area contributed by atoms with Crippen molar-refractivity contribution < 1.29 is 4.42 Å². The zero-order valence-corrected chi connectivity index (χ0v) is 12.3. The van der Waals surface area contributed by atoms with Crippen molar-refractivity contribution in [1.82, 2.24) is 4.57 Å². The SMILES string of the molecule is Cc1c(Cl)c(=O)oc2cc(-n3c(C)ccc3C)ccc12. The first-order valence-corrected chi connectivity index (χ1v) is 6.75. The number of nitrogens with zero attached hydrogens (tertiary/aromatic N) is 1. The highest BCUT2D eigenvalue weighted by Crippen LogP contribution is 2.25. The summed E-state index contributed by atoms with van der Waals surface area (Å²) in [6.07, 6.45) is 0. The number of hydrogen-bond acceptors (Lipinski definition) is 2. The van der Waals surface area contributed by atoms with Crippen molar-refractivity contribution in [3.63, 3.8) is 0 Å². The van der Waals surface area contributed by atoms with Crippen molar-refractivity contribution >= 4 is 22.6 Å². The Bertz CT molecular complexity index is 855. The number of aromatic nitrogens is 1. The maximum absolute atomic E-state index is 11.7. The number of benzene rings is 1. The van der Waals surface area contributed by atoms with Crippen molar-refractivity contribution in [3.8, 4) is 5.69 Å². The average Bonchev–Trinajstić information content (AvgIpc) is 2.75. The molecule has 4 heteroatoms. The van der Waals surface area contributed by atoms with E-state index in [0.717, 1.165) is 28.0 Å². The van der Waals surface area contributed by atoms with Gasteiger partial charge in [-0.1, -0.05) is 11.6 Å². The van der Waals surface area contributed by atoms with Crippen LogP contribution in [0.4, 0.5) is 0 Å². The zero-order valence-electron chi connectivity index (χ0n) is 11.5. The molecule has 0 fully saturated rings. The molecular formula is C16H14ClNO2. The molecule has 0 saturated heterocycles. The van der Waals surface area contributed by atoms with E-state index in [9.17, 15) is 4.79 Å². The summed E-state index contributed by atoms with van der Waals surface area (Å²) in [5.74, 6) is 0. The lowest BCUT2D eigenvalue weighted by atomic mass is 10.1. The van der Waals surface area contributed by atoms with E-state index >= 15 is 0 Å². The van der Waals surface area contributed by atoms with E-state index in [0.29, 0.717) is 5.58 Å². The average molecular weight is 288 g/mol. The smallest absolute Gasteiger partial charge is 0.355 e. The van der Waals surface area contributed by atoms with E-state index in [-0.39, 0.29) is 5.02 Å². The lowest BCUT2D eigenvalue weighted by molar-refractivity contribution is 0.560. The van der Waals surface area contributed by atoms with E-state index < -0.39 is 5.63 Å². The third-order valence-corrected chi connectivity index (χ3v) is 4.05. The van der Waals surface area contributed by atoms with E-state index in [1.807, 2.05) is 39.0 Å². The fourth-order valence-corrected chi connectivity index (χ4v) is 2.68. The number of aryl methyl sites for hydroxylation is 3. The molecule has 0 N–H and O–H groups in total. The Hall–Kier alpha value is -2.00. The minimum atomic E-state index is -0.491. The van der Waals surface area contributed by atoms with Crippen molar-refractivity contribution in [3.05, 3.63) is 62.7 Å². The minimum Gasteiger partial charge on any atom is -0.422 e. The standard InChI is InChI=1S/C16H14ClNO2/c1-9-4-5-10(2)18(9)12-6-7-13-11(3)15(17)16(19)20-14(13)8-12/h4-8H,1-3H3. The summed E-state index contributed by atoms with van der Waals surface area (Å²) in [6.45, 7) is 5.91. The summed E-state index contributed by atoms with van der Waals surface area (Å²) >= 11 is 5.93. The van der Waals surface area contributed by atoms with E-state index in [1.54, 1.807) is 0 Å². The number of hydrogen-bond donors (Lipinski definition) is 0. The maximum atomic E-state index is 11.7. The lowest BCUT2D eigenvalue weighted by Gasteiger charge is -2.11. The van der Waals surface area contributed by atoms with Crippen molar-refractivity contribution in [2.45, 2.75) is 20.8 Å². The second kappa shape index (κ2) is 4.53. The summed E-state index contributed by atoms with van der Waals surface area (Å²) < 4.78 is 7.41. The van der Waals surface area contributed by atoms with Crippen LogP contribution in [-0.4, -0.2) is 4.57 Å². The van der Waals surface area contributed by atoms with Gasteiger partial charge in [-0.25, -0.2) is 4.79 Å². The number of halogens is 1. The molecule has 20 heavy (non-hydrogen) atoms. The van der Waals surface area contributed by atoms with Crippen LogP contribution in [0.3, 0.4) is 0 Å². The Labute approximate surface area is 121 Å². The van der Waals surface area contributed by atoms with Crippen molar-refractivity contribution in [2.24, 2.45) is 0 Å². The van der Waals surface area contributed by atoms with Crippen LogP contribution in [0, 0.1) is 20.8 Å². The van der Waals surface area contributed by atoms with Crippen LogP contribution in [0.1, 0.15) is 17.0 Å². The predicted molar refractivity (Wildman–Crippen MR) is 81.0 cm³/mol. The molecule has 0 saturated carbocycles. The minimum absolute atomic E-state index is 0.151. The Morgan fingerprint density at radius 3 is 2.35 bits per heavy atom. The summed E-state index contributed by atoms with van der Waals surface area (Å²) in [5.41, 5.74) is 4.06. The fourth-order valence-electron chi connectivity index (χ4n) is 2.54. The fraction of sp³-hybridized carbons (Fsp3) is 0.188. The molecule has 0 atom stereocenters. The van der Waals surface area contributed by atoms with Crippen LogP contribution in [0.2, 0.25) is 5.02 Å². The third kappa shape index (κ3) is 1.86. The van der Waals surface area contributed by atoms with Crippen LogP contribution in [0.5, 0.6) is 0 Å². The summed E-state index contributed by atoms with van der Waals surface area (Å²) in [7, 11) is 0. The van der Waals surface area contributed by atoms with Gasteiger partial charge in [0, 0.05) is 28.5 Å². The molecule has 3 nitrogen and oxygen atoms in total. The number of fused-ring (bicyclic) bond motifs is 1. The molecule has 2 heterocycles. The largest absolute Gasteiger partial charge is 0.422 e. The normalized spacial score (nSPS) is 11.2.